The van der Waals surface area contributed by atoms with Crippen LogP contribution in [-0.2, 0) is 27.3 Å². The molecule has 1 N–H and O–H groups in total. The lowest BCUT2D eigenvalue weighted by molar-refractivity contribution is -0.158. The smallest absolute Gasteiger partial charge is 0.311 e. The number of nitriles is 1. The number of hydrogen-bond acceptors (Lipinski definition) is 6. The van der Waals surface area contributed by atoms with Gasteiger partial charge in [-0.25, -0.2) is 0 Å². The molecular formula is C29H31N3O4. The lowest BCUT2D eigenvalue weighted by Crippen LogP contribution is -2.47. The highest BCUT2D eigenvalue weighted by Gasteiger charge is 2.46. The quantitative estimate of drug-likeness (QED) is 0.412. The Balaban J connectivity index is 1.57. The van der Waals surface area contributed by atoms with Gasteiger partial charge in [0.1, 0.15) is 0 Å². The van der Waals surface area contributed by atoms with E-state index >= 15 is 0 Å². The number of rotatable bonds is 1. The van der Waals surface area contributed by atoms with Crippen LogP contribution in [0.1, 0.15) is 42.2 Å². The molecule has 6 rings (SSSR count). The van der Waals surface area contributed by atoms with E-state index in [1.807, 2.05) is 11.0 Å². The zero-order valence-corrected chi connectivity index (χ0v) is 20.5. The monoisotopic (exact) mass is 485 g/mol. The number of ether oxygens (including phenoxy) is 2. The number of esters is 1. The number of carbonyl (C=O) groups is 1. The van der Waals surface area contributed by atoms with Crippen LogP contribution >= 0.6 is 0 Å². The van der Waals surface area contributed by atoms with E-state index in [1.54, 1.807) is 0 Å². The SMILES string of the molecule is COC(=O)[C@@H]1[C@H]2C[C@H]3OCc4ccccc4-n4c3c(c3ccccc34)CCN(C#N)C[C@@H]2CC[C@@H]1O. The van der Waals surface area contributed by atoms with Gasteiger partial charge in [-0.15, -0.1) is 0 Å². The van der Waals surface area contributed by atoms with E-state index in [0.29, 0.717) is 32.5 Å². The highest BCUT2D eigenvalue weighted by molar-refractivity contribution is 5.88. The van der Waals surface area contributed by atoms with Crippen molar-refractivity contribution in [3.8, 4) is 11.9 Å². The maximum Gasteiger partial charge on any atom is 0.311 e. The molecule has 7 heteroatoms. The van der Waals surface area contributed by atoms with Gasteiger partial charge in [-0.2, -0.15) is 5.26 Å². The average molecular weight is 486 g/mol. The Morgan fingerprint density at radius 2 is 1.97 bits per heavy atom. The fourth-order valence-corrected chi connectivity index (χ4v) is 6.84. The summed E-state index contributed by atoms with van der Waals surface area (Å²) in [6.07, 6.45) is 3.99. The third-order valence-electron chi connectivity index (χ3n) is 8.50. The molecule has 5 atom stereocenters. The Morgan fingerprint density at radius 3 is 2.81 bits per heavy atom. The van der Waals surface area contributed by atoms with Gasteiger partial charge in [0.25, 0.3) is 0 Å². The van der Waals surface area contributed by atoms with Crippen LogP contribution in [0.3, 0.4) is 0 Å². The van der Waals surface area contributed by atoms with E-state index in [4.69, 9.17) is 9.47 Å². The lowest BCUT2D eigenvalue weighted by atomic mass is 9.67. The number of benzene rings is 2. The topological polar surface area (TPSA) is 87.7 Å². The molecule has 1 saturated carbocycles. The molecule has 0 spiro atoms. The Kier molecular flexibility index (Phi) is 5.94. The third kappa shape index (κ3) is 3.68. The first-order chi connectivity index (χ1) is 17.6. The molecule has 2 aliphatic heterocycles. The first kappa shape index (κ1) is 23.1. The highest BCUT2D eigenvalue weighted by Crippen LogP contribution is 2.47. The number of nitrogens with zero attached hydrogens (tertiary/aromatic N) is 3. The fraction of sp³-hybridized carbons (Fsp3) is 0.448. The summed E-state index contributed by atoms with van der Waals surface area (Å²) in [5, 5.41) is 22.1. The molecule has 0 amide bonds. The van der Waals surface area contributed by atoms with Crippen molar-refractivity contribution in [3.05, 3.63) is 65.4 Å². The fourth-order valence-electron chi connectivity index (χ4n) is 6.84. The van der Waals surface area contributed by atoms with Crippen LogP contribution in [0.15, 0.2) is 48.5 Å². The molecule has 0 bridgehead atoms. The normalized spacial score (nSPS) is 27.7. The van der Waals surface area contributed by atoms with Crippen LogP contribution in [0.4, 0.5) is 0 Å². The minimum absolute atomic E-state index is 0.0887. The molecule has 36 heavy (non-hydrogen) atoms. The van der Waals surface area contributed by atoms with Gasteiger partial charge < -0.3 is 24.0 Å². The Morgan fingerprint density at radius 1 is 1.17 bits per heavy atom. The molecule has 0 unspecified atom stereocenters. The van der Waals surface area contributed by atoms with Crippen LogP contribution in [0.25, 0.3) is 16.6 Å². The third-order valence-corrected chi connectivity index (χ3v) is 8.50. The van der Waals surface area contributed by atoms with Gasteiger partial charge in [-0.1, -0.05) is 36.4 Å². The van der Waals surface area contributed by atoms with Gasteiger partial charge >= 0.3 is 5.97 Å². The number of aliphatic hydroxyl groups is 1. The van der Waals surface area contributed by atoms with Crippen molar-refractivity contribution in [3.63, 3.8) is 0 Å². The van der Waals surface area contributed by atoms with E-state index in [-0.39, 0.29) is 23.9 Å². The maximum atomic E-state index is 12.9. The molecule has 1 fully saturated rings. The van der Waals surface area contributed by atoms with Crippen molar-refractivity contribution in [2.45, 2.75) is 44.5 Å². The summed E-state index contributed by atoms with van der Waals surface area (Å²) >= 11 is 0. The van der Waals surface area contributed by atoms with Crippen LogP contribution in [0, 0.1) is 29.2 Å². The van der Waals surface area contributed by atoms with Crippen molar-refractivity contribution in [2.24, 2.45) is 17.8 Å². The van der Waals surface area contributed by atoms with Gasteiger partial charge in [0.2, 0.25) is 0 Å². The molecule has 7 nitrogen and oxygen atoms in total. The van der Waals surface area contributed by atoms with Crippen LogP contribution < -0.4 is 0 Å². The highest BCUT2D eigenvalue weighted by atomic mass is 16.5. The minimum Gasteiger partial charge on any atom is -0.469 e. The molecule has 3 aliphatic rings. The van der Waals surface area contributed by atoms with E-state index < -0.39 is 12.0 Å². The zero-order valence-electron chi connectivity index (χ0n) is 20.5. The van der Waals surface area contributed by atoms with E-state index in [1.165, 1.54) is 18.1 Å². The Bertz CT molecular complexity index is 1340. The molecule has 3 aromatic rings. The molecular weight excluding hydrogens is 454 g/mol. The van der Waals surface area contributed by atoms with Crippen LogP contribution in [0.2, 0.25) is 0 Å². The van der Waals surface area contributed by atoms with Crippen LogP contribution in [0.5, 0.6) is 0 Å². The largest absolute Gasteiger partial charge is 0.469 e. The van der Waals surface area contributed by atoms with Crippen LogP contribution in [-0.4, -0.2) is 46.8 Å². The summed E-state index contributed by atoms with van der Waals surface area (Å²) in [5.74, 6) is -1.09. The van der Waals surface area contributed by atoms with Crippen molar-refractivity contribution < 1.29 is 19.4 Å². The Labute approximate surface area is 210 Å². The number of fused-ring (bicyclic) bond motifs is 6. The predicted octanol–water partition coefficient (Wildman–Crippen LogP) is 4.11. The van der Waals surface area contributed by atoms with E-state index in [2.05, 4.69) is 53.2 Å². The second-order valence-corrected chi connectivity index (χ2v) is 10.3. The van der Waals surface area contributed by atoms with Crippen molar-refractivity contribution >= 4 is 16.9 Å². The molecule has 186 valence electrons. The van der Waals surface area contributed by atoms with Gasteiger partial charge in [0.05, 0.1) is 48.7 Å². The molecule has 3 heterocycles. The van der Waals surface area contributed by atoms with Gasteiger partial charge in [-0.05, 0) is 55.2 Å². The molecule has 0 saturated heterocycles. The van der Waals surface area contributed by atoms with Crippen molar-refractivity contribution in [1.82, 2.24) is 9.47 Å². The summed E-state index contributed by atoms with van der Waals surface area (Å²) in [4.78, 5) is 14.8. The van der Waals surface area contributed by atoms with Gasteiger partial charge in [0.15, 0.2) is 6.19 Å². The number of hydrogen-bond donors (Lipinski definition) is 1. The second-order valence-electron chi connectivity index (χ2n) is 10.3. The second kappa shape index (κ2) is 9.27. The first-order valence-corrected chi connectivity index (χ1v) is 12.8. The van der Waals surface area contributed by atoms with Crippen molar-refractivity contribution in [1.29, 1.82) is 5.26 Å². The molecule has 1 aromatic heterocycles. The number of methoxy groups -OCH3 is 1. The summed E-state index contributed by atoms with van der Waals surface area (Å²) in [6.45, 7) is 1.65. The summed E-state index contributed by atoms with van der Waals surface area (Å²) in [7, 11) is 1.38. The molecule has 2 aromatic carbocycles. The number of aliphatic hydroxyl groups excluding tert-OH is 1. The van der Waals surface area contributed by atoms with Crippen molar-refractivity contribution in [2.75, 3.05) is 20.2 Å². The summed E-state index contributed by atoms with van der Waals surface area (Å²) in [6, 6.07) is 16.7. The van der Waals surface area contributed by atoms with E-state index in [0.717, 1.165) is 35.3 Å². The number of carbonyl (C=O) groups excluding carboxylic acids is 1. The lowest BCUT2D eigenvalue weighted by Gasteiger charge is -2.42. The summed E-state index contributed by atoms with van der Waals surface area (Å²) < 4.78 is 14.2. The average Bonchev–Trinajstić information content (AvgIpc) is 3.14. The van der Waals surface area contributed by atoms with Gasteiger partial charge in [0, 0.05) is 24.0 Å². The number of aromatic nitrogens is 1. The zero-order chi connectivity index (χ0) is 24.8. The number of para-hydroxylation sites is 2. The summed E-state index contributed by atoms with van der Waals surface area (Å²) in [5.41, 5.74) is 5.64. The standard InChI is InChI=1S/C29H31N3O4/c1-35-29(34)27-22-14-26-28-21(12-13-31(17-30)15-18(22)10-11-25(27)33)20-7-3-5-9-24(20)32(28)23-8-4-2-6-19(23)16-36-26/h2-9,18,22,25-27,33H,10-16H2,1H3/t18-,22-,25-,26+,27+/m0/s1. The minimum atomic E-state index is -0.759. The predicted molar refractivity (Wildman–Crippen MR) is 134 cm³/mol. The Hall–Kier alpha value is -3.34. The van der Waals surface area contributed by atoms with E-state index in [9.17, 15) is 15.2 Å². The molecule has 0 radical (unpaired) electrons. The first-order valence-electron chi connectivity index (χ1n) is 12.8. The maximum absolute atomic E-state index is 12.9. The molecule has 1 aliphatic carbocycles. The van der Waals surface area contributed by atoms with Gasteiger partial charge in [-0.3, -0.25) is 4.79 Å².